The van der Waals surface area contributed by atoms with Gasteiger partial charge in [-0.3, -0.25) is 0 Å². The maximum atomic E-state index is 3.64. The Bertz CT molecular complexity index is 162. The summed E-state index contributed by atoms with van der Waals surface area (Å²) in [5, 5.41) is 3.64. The van der Waals surface area contributed by atoms with Crippen molar-refractivity contribution in [3.8, 4) is 0 Å². The standard InChI is InChI=1S/C14H30N2/c1-4-16(11-7-8-13(2)3)12-14-9-5-6-10-15-14/h13-15H,4-12H2,1-3H3. The Labute approximate surface area is 102 Å². The minimum Gasteiger partial charge on any atom is -0.313 e. The van der Waals surface area contributed by atoms with Crippen LogP contribution in [0, 0.1) is 5.92 Å². The SMILES string of the molecule is CCN(CCCC(C)C)CC1CCCCN1. The lowest BCUT2D eigenvalue weighted by atomic mass is 10.0. The van der Waals surface area contributed by atoms with E-state index in [9.17, 15) is 0 Å². The second-order valence-electron chi connectivity index (χ2n) is 5.58. The molecule has 0 amide bonds. The quantitative estimate of drug-likeness (QED) is 0.718. The van der Waals surface area contributed by atoms with Gasteiger partial charge in [0.2, 0.25) is 0 Å². The third-order valence-corrected chi connectivity index (χ3v) is 3.59. The lowest BCUT2D eigenvalue weighted by Gasteiger charge is -2.30. The first kappa shape index (κ1) is 14.0. The predicted molar refractivity (Wildman–Crippen MR) is 71.8 cm³/mol. The van der Waals surface area contributed by atoms with Crippen LogP contribution in [-0.4, -0.2) is 37.1 Å². The summed E-state index contributed by atoms with van der Waals surface area (Å²) in [6.45, 7) is 11.9. The van der Waals surface area contributed by atoms with Crippen LogP contribution in [0.15, 0.2) is 0 Å². The van der Waals surface area contributed by atoms with E-state index in [0.29, 0.717) is 0 Å². The van der Waals surface area contributed by atoms with Crippen molar-refractivity contribution >= 4 is 0 Å². The molecule has 1 aliphatic rings. The topological polar surface area (TPSA) is 15.3 Å². The molecule has 1 unspecified atom stereocenters. The monoisotopic (exact) mass is 226 g/mol. The Balaban J connectivity index is 2.14. The second-order valence-corrected chi connectivity index (χ2v) is 5.58. The van der Waals surface area contributed by atoms with Crippen molar-refractivity contribution in [2.24, 2.45) is 5.92 Å². The van der Waals surface area contributed by atoms with Crippen LogP contribution in [0.1, 0.15) is 52.9 Å². The molecule has 0 bridgehead atoms. The second kappa shape index (κ2) is 8.08. The lowest BCUT2D eigenvalue weighted by Crippen LogP contribution is -2.43. The van der Waals surface area contributed by atoms with Crippen molar-refractivity contribution < 1.29 is 0 Å². The zero-order valence-electron chi connectivity index (χ0n) is 11.5. The van der Waals surface area contributed by atoms with Crippen LogP contribution in [0.3, 0.4) is 0 Å². The fourth-order valence-corrected chi connectivity index (χ4v) is 2.49. The van der Waals surface area contributed by atoms with E-state index in [1.807, 2.05) is 0 Å². The van der Waals surface area contributed by atoms with Crippen molar-refractivity contribution in [3.63, 3.8) is 0 Å². The van der Waals surface area contributed by atoms with Gasteiger partial charge in [0.15, 0.2) is 0 Å². The van der Waals surface area contributed by atoms with Gasteiger partial charge >= 0.3 is 0 Å². The predicted octanol–water partition coefficient (Wildman–Crippen LogP) is 2.89. The van der Waals surface area contributed by atoms with E-state index < -0.39 is 0 Å². The maximum Gasteiger partial charge on any atom is 0.0195 e. The summed E-state index contributed by atoms with van der Waals surface area (Å²) < 4.78 is 0. The molecule has 0 aromatic heterocycles. The van der Waals surface area contributed by atoms with Crippen molar-refractivity contribution in [3.05, 3.63) is 0 Å². The Morgan fingerprint density at radius 2 is 2.12 bits per heavy atom. The molecule has 1 rings (SSSR count). The Morgan fingerprint density at radius 1 is 1.31 bits per heavy atom. The lowest BCUT2D eigenvalue weighted by molar-refractivity contribution is 0.227. The molecular weight excluding hydrogens is 196 g/mol. The Kier molecular flexibility index (Phi) is 7.06. The van der Waals surface area contributed by atoms with Crippen LogP contribution in [0.4, 0.5) is 0 Å². The first-order chi connectivity index (χ1) is 7.72. The molecule has 0 saturated carbocycles. The summed E-state index contributed by atoms with van der Waals surface area (Å²) >= 11 is 0. The first-order valence-corrected chi connectivity index (χ1v) is 7.18. The average Bonchev–Trinajstić information content (AvgIpc) is 2.28. The van der Waals surface area contributed by atoms with Gasteiger partial charge in [-0.2, -0.15) is 0 Å². The smallest absolute Gasteiger partial charge is 0.0195 e. The summed E-state index contributed by atoms with van der Waals surface area (Å²) in [4.78, 5) is 2.62. The largest absolute Gasteiger partial charge is 0.313 e. The highest BCUT2D eigenvalue weighted by Crippen LogP contribution is 2.10. The fourth-order valence-electron chi connectivity index (χ4n) is 2.49. The minimum absolute atomic E-state index is 0.757. The van der Waals surface area contributed by atoms with Gasteiger partial charge in [0.1, 0.15) is 0 Å². The normalized spacial score (nSPS) is 21.9. The number of nitrogens with zero attached hydrogens (tertiary/aromatic N) is 1. The third kappa shape index (κ3) is 5.86. The summed E-state index contributed by atoms with van der Waals surface area (Å²) in [6.07, 6.45) is 6.89. The van der Waals surface area contributed by atoms with E-state index in [4.69, 9.17) is 0 Å². The van der Waals surface area contributed by atoms with Crippen LogP contribution in [-0.2, 0) is 0 Å². The van der Waals surface area contributed by atoms with Crippen molar-refractivity contribution in [1.29, 1.82) is 0 Å². The number of likely N-dealkylation sites (N-methyl/N-ethyl adjacent to an activating group) is 1. The Morgan fingerprint density at radius 3 is 2.69 bits per heavy atom. The molecule has 0 aliphatic carbocycles. The van der Waals surface area contributed by atoms with E-state index >= 15 is 0 Å². The summed E-state index contributed by atoms with van der Waals surface area (Å²) in [7, 11) is 0. The Hall–Kier alpha value is -0.0800. The van der Waals surface area contributed by atoms with Gasteiger partial charge in [0.05, 0.1) is 0 Å². The molecular formula is C14H30N2. The van der Waals surface area contributed by atoms with Gasteiger partial charge in [-0.1, -0.05) is 27.2 Å². The summed E-state index contributed by atoms with van der Waals surface area (Å²) in [5.41, 5.74) is 0. The van der Waals surface area contributed by atoms with Crippen molar-refractivity contribution in [2.75, 3.05) is 26.2 Å². The highest BCUT2D eigenvalue weighted by atomic mass is 15.1. The molecule has 96 valence electrons. The molecule has 0 aromatic rings. The zero-order valence-corrected chi connectivity index (χ0v) is 11.5. The van der Waals surface area contributed by atoms with E-state index in [2.05, 4.69) is 31.0 Å². The van der Waals surface area contributed by atoms with E-state index in [0.717, 1.165) is 12.0 Å². The number of hydrogen-bond acceptors (Lipinski definition) is 2. The van der Waals surface area contributed by atoms with Crippen LogP contribution in [0.2, 0.25) is 0 Å². The van der Waals surface area contributed by atoms with Crippen LogP contribution < -0.4 is 5.32 Å². The average molecular weight is 226 g/mol. The molecule has 0 radical (unpaired) electrons. The molecule has 1 atom stereocenters. The molecule has 0 spiro atoms. The zero-order chi connectivity index (χ0) is 11.8. The maximum absolute atomic E-state index is 3.64. The molecule has 1 fully saturated rings. The van der Waals surface area contributed by atoms with E-state index in [1.54, 1.807) is 0 Å². The van der Waals surface area contributed by atoms with Crippen LogP contribution >= 0.6 is 0 Å². The van der Waals surface area contributed by atoms with Crippen molar-refractivity contribution in [2.45, 2.75) is 58.9 Å². The number of nitrogens with one attached hydrogen (secondary N) is 1. The number of hydrogen-bond donors (Lipinski definition) is 1. The molecule has 1 aliphatic heterocycles. The van der Waals surface area contributed by atoms with Gasteiger partial charge in [0.25, 0.3) is 0 Å². The molecule has 1 N–H and O–H groups in total. The highest BCUT2D eigenvalue weighted by molar-refractivity contribution is 4.75. The van der Waals surface area contributed by atoms with Gasteiger partial charge in [-0.05, 0) is 51.2 Å². The van der Waals surface area contributed by atoms with Crippen molar-refractivity contribution in [1.82, 2.24) is 10.2 Å². The number of piperidine rings is 1. The molecule has 16 heavy (non-hydrogen) atoms. The van der Waals surface area contributed by atoms with Gasteiger partial charge in [-0.15, -0.1) is 0 Å². The third-order valence-electron chi connectivity index (χ3n) is 3.59. The minimum atomic E-state index is 0.757. The van der Waals surface area contributed by atoms with Crippen LogP contribution in [0.25, 0.3) is 0 Å². The first-order valence-electron chi connectivity index (χ1n) is 7.18. The van der Waals surface area contributed by atoms with Gasteiger partial charge in [0, 0.05) is 12.6 Å². The van der Waals surface area contributed by atoms with Gasteiger partial charge in [-0.25, -0.2) is 0 Å². The highest BCUT2D eigenvalue weighted by Gasteiger charge is 2.15. The summed E-state index contributed by atoms with van der Waals surface area (Å²) in [5.74, 6) is 0.853. The molecule has 2 nitrogen and oxygen atoms in total. The summed E-state index contributed by atoms with van der Waals surface area (Å²) in [6, 6.07) is 0.757. The molecule has 1 saturated heterocycles. The molecule has 2 heteroatoms. The van der Waals surface area contributed by atoms with E-state index in [-0.39, 0.29) is 0 Å². The molecule has 0 aromatic carbocycles. The fraction of sp³-hybridized carbons (Fsp3) is 1.00. The number of rotatable bonds is 7. The van der Waals surface area contributed by atoms with E-state index in [1.165, 1.54) is 58.3 Å². The van der Waals surface area contributed by atoms with Crippen LogP contribution in [0.5, 0.6) is 0 Å². The van der Waals surface area contributed by atoms with Gasteiger partial charge < -0.3 is 10.2 Å². The molecule has 1 heterocycles.